The summed E-state index contributed by atoms with van der Waals surface area (Å²) in [6.07, 6.45) is 0. The summed E-state index contributed by atoms with van der Waals surface area (Å²) in [5.41, 5.74) is 4.50. The molecule has 0 fully saturated rings. The second-order valence-corrected chi connectivity index (χ2v) is 14.2. The molecule has 0 heterocycles. The van der Waals surface area contributed by atoms with Gasteiger partial charge < -0.3 is 5.73 Å². The van der Waals surface area contributed by atoms with E-state index in [0.29, 0.717) is 8.15 Å². The standard InChI is InChI=1S/C2H8BNO2P2S.CH5BP2.CH5N.O3S/c1-4-9(5,6)8(3)7-2;1-3-4-2;1-2;1-4(2)3/h4,7H,1-2H3;3-4H,1H3;2H2,1H3;. The summed E-state index contributed by atoms with van der Waals surface area (Å²) < 4.78 is 49.0. The Morgan fingerprint density at radius 1 is 1.21 bits per heavy atom. The highest BCUT2D eigenvalue weighted by molar-refractivity contribution is 8.76. The van der Waals surface area contributed by atoms with E-state index in [1.807, 2.05) is 0 Å². The molecule has 0 aromatic carbocycles. The summed E-state index contributed by atoms with van der Waals surface area (Å²) in [7, 11) is 8.87. The van der Waals surface area contributed by atoms with Gasteiger partial charge in [-0.1, -0.05) is 8.27 Å². The van der Waals surface area contributed by atoms with Gasteiger partial charge in [0, 0.05) is 6.69 Å². The van der Waals surface area contributed by atoms with Crippen LogP contribution in [0.5, 0.6) is 0 Å². The van der Waals surface area contributed by atoms with E-state index < -0.39 is 26.9 Å². The Labute approximate surface area is 125 Å². The highest BCUT2D eigenvalue weighted by Gasteiger charge is 2.13. The molecule has 0 rings (SSSR count). The van der Waals surface area contributed by atoms with Crippen LogP contribution in [0.4, 0.5) is 0 Å². The van der Waals surface area contributed by atoms with Crippen molar-refractivity contribution >= 4 is 66.8 Å². The van der Waals surface area contributed by atoms with Gasteiger partial charge in [0.05, 0.1) is 0 Å². The summed E-state index contributed by atoms with van der Waals surface area (Å²) in [5, 5.41) is 0. The van der Waals surface area contributed by atoms with Crippen molar-refractivity contribution in [1.82, 2.24) is 4.72 Å². The number of hydrogen-bond acceptors (Lipinski definition) is 6. The van der Waals surface area contributed by atoms with Gasteiger partial charge in [-0.25, -0.2) is 13.1 Å². The van der Waals surface area contributed by atoms with E-state index >= 15 is 0 Å². The van der Waals surface area contributed by atoms with Crippen molar-refractivity contribution in [3.8, 4) is 0 Å². The summed E-state index contributed by atoms with van der Waals surface area (Å²) in [5.74, 6) is 0. The molecular weight excluding hydrogens is 366 g/mol. The fourth-order valence-electron chi connectivity index (χ4n) is 0.219. The van der Waals surface area contributed by atoms with Gasteiger partial charge in [-0.15, -0.1) is 29.0 Å². The minimum atomic E-state index is -3.14. The van der Waals surface area contributed by atoms with Crippen molar-refractivity contribution in [2.24, 2.45) is 5.73 Å². The Hall–Kier alpha value is 1.34. The molecule has 0 saturated heterocycles. The Balaban J connectivity index is -0.0000000944. The molecule has 0 aliphatic carbocycles. The molecule has 0 aliphatic rings. The van der Waals surface area contributed by atoms with Crippen LogP contribution >= 0.6 is 31.4 Å². The predicted molar refractivity (Wildman–Crippen MR) is 93.0 cm³/mol. The molecule has 15 heteroatoms. The van der Waals surface area contributed by atoms with Crippen molar-refractivity contribution in [3.63, 3.8) is 0 Å². The maximum Gasteiger partial charge on any atom is 0.425 e. The molecule has 0 aliphatic heterocycles. The molecule has 19 heavy (non-hydrogen) atoms. The first kappa shape index (κ1) is 28.5. The number of hydrogen-bond donors (Lipinski definition) is 2. The molecule has 0 spiro atoms. The average molecular weight is 384 g/mol. The smallest absolute Gasteiger partial charge is 0.333 e. The van der Waals surface area contributed by atoms with E-state index in [0.717, 1.165) is 8.27 Å². The van der Waals surface area contributed by atoms with Crippen molar-refractivity contribution in [2.45, 2.75) is 0 Å². The molecule has 4 radical (unpaired) electrons. The van der Waals surface area contributed by atoms with Gasteiger partial charge in [-0.05, 0) is 27.4 Å². The molecule has 0 aromatic rings. The lowest BCUT2D eigenvalue weighted by Crippen LogP contribution is -2.14. The molecule has 0 saturated carbocycles. The second-order valence-electron chi connectivity index (χ2n) is 1.83. The van der Waals surface area contributed by atoms with Crippen LogP contribution in [0.1, 0.15) is 0 Å². The molecule has 7 nitrogen and oxygen atoms in total. The van der Waals surface area contributed by atoms with Crippen molar-refractivity contribution in [1.29, 1.82) is 0 Å². The summed E-state index contributed by atoms with van der Waals surface area (Å²) in [6, 6.07) is 0. The zero-order valence-electron chi connectivity index (χ0n) is 11.0. The van der Waals surface area contributed by atoms with Crippen LogP contribution in [-0.4, -0.2) is 63.6 Å². The molecule has 4 unspecified atom stereocenters. The van der Waals surface area contributed by atoms with Gasteiger partial charge >= 0.3 is 10.6 Å². The SMILES string of the molecule is CN.O=S(=O)=O.[B]P(PC)S(=O)(=O)NC.[B]PPC. The summed E-state index contributed by atoms with van der Waals surface area (Å²) in [6.45, 7) is 2.54. The number of rotatable bonds is 4. The van der Waals surface area contributed by atoms with Crippen LogP contribution in [0.3, 0.4) is 0 Å². The fraction of sp³-hybridized carbons (Fsp3) is 1.00. The Morgan fingerprint density at radius 3 is 1.53 bits per heavy atom. The van der Waals surface area contributed by atoms with Gasteiger partial charge in [-0.2, -0.15) is 0 Å². The molecule has 4 atom stereocenters. The maximum absolute atomic E-state index is 10.7. The number of nitrogens with two attached hydrogens (primary N) is 1. The third kappa shape index (κ3) is 32.7. The van der Waals surface area contributed by atoms with Crippen LogP contribution in [0.2, 0.25) is 0 Å². The van der Waals surface area contributed by atoms with Gasteiger partial charge in [0.1, 0.15) is 15.1 Å². The third-order valence-electron chi connectivity index (χ3n) is 0.882. The second kappa shape index (κ2) is 21.6. The van der Waals surface area contributed by atoms with Crippen LogP contribution < -0.4 is 10.5 Å². The predicted octanol–water partition coefficient (Wildman–Crippen LogP) is -0.218. The van der Waals surface area contributed by atoms with Gasteiger partial charge in [0.15, 0.2) is 0 Å². The fourth-order valence-corrected chi connectivity index (χ4v) is 4.95. The molecule has 0 amide bonds. The highest BCUT2D eigenvalue weighted by Crippen LogP contribution is 2.53. The lowest BCUT2D eigenvalue weighted by molar-refractivity contribution is 0.559. The topological polar surface area (TPSA) is 123 Å². The van der Waals surface area contributed by atoms with Crippen LogP contribution in [-0.2, 0) is 20.3 Å². The van der Waals surface area contributed by atoms with Crippen LogP contribution in [0.15, 0.2) is 0 Å². The van der Waals surface area contributed by atoms with Gasteiger partial charge in [0.2, 0.25) is 9.64 Å². The maximum atomic E-state index is 10.7. The minimum Gasteiger partial charge on any atom is -0.333 e. The molecule has 3 N–H and O–H groups in total. The zero-order chi connectivity index (χ0) is 16.5. The monoisotopic (exact) mass is 384 g/mol. The van der Waals surface area contributed by atoms with E-state index in [1.54, 1.807) is 6.66 Å². The van der Waals surface area contributed by atoms with E-state index in [9.17, 15) is 8.42 Å². The molecular formula is C4H18B2N2O5P4S2. The van der Waals surface area contributed by atoms with Crippen molar-refractivity contribution in [3.05, 3.63) is 0 Å². The first-order chi connectivity index (χ1) is 8.69. The normalized spacial score (nSPS) is 12.3. The lowest BCUT2D eigenvalue weighted by atomic mass is 10.8. The Morgan fingerprint density at radius 2 is 1.47 bits per heavy atom. The quantitative estimate of drug-likeness (QED) is 0.511. The van der Waals surface area contributed by atoms with E-state index in [4.69, 9.17) is 27.8 Å². The minimum absolute atomic E-state index is 0.282. The Kier molecular flexibility index (Phi) is 32.4. The molecule has 0 bridgehead atoms. The van der Waals surface area contributed by atoms with E-state index in [1.165, 1.54) is 14.1 Å². The summed E-state index contributed by atoms with van der Waals surface area (Å²) in [4.78, 5) is 0. The first-order valence-electron chi connectivity index (χ1n) is 4.32. The van der Waals surface area contributed by atoms with Crippen molar-refractivity contribution in [2.75, 3.05) is 27.4 Å². The third-order valence-corrected chi connectivity index (χ3v) is 10.7. The van der Waals surface area contributed by atoms with E-state index in [2.05, 4.69) is 17.1 Å². The lowest BCUT2D eigenvalue weighted by Gasteiger charge is -2.08. The van der Waals surface area contributed by atoms with Crippen LogP contribution in [0.25, 0.3) is 0 Å². The largest absolute Gasteiger partial charge is 0.425 e. The Bertz CT molecular complexity index is 357. The average Bonchev–Trinajstić information content (AvgIpc) is 2.39. The highest BCUT2D eigenvalue weighted by atomic mass is 32.9. The molecule has 0 aromatic heterocycles. The molecule has 112 valence electrons. The number of nitrogens with one attached hydrogen (secondary N) is 1. The van der Waals surface area contributed by atoms with Gasteiger partial charge in [-0.3, -0.25) is 0 Å². The first-order valence-corrected chi connectivity index (χ1v) is 14.7. The zero-order valence-corrected chi connectivity index (χ0v) is 16.6. The van der Waals surface area contributed by atoms with Gasteiger partial charge in [0.25, 0.3) is 0 Å². The van der Waals surface area contributed by atoms with E-state index in [-0.39, 0.29) is 8.27 Å². The van der Waals surface area contributed by atoms with Crippen LogP contribution in [0, 0.1) is 0 Å². The van der Waals surface area contributed by atoms with Crippen molar-refractivity contribution < 1.29 is 21.0 Å². The summed E-state index contributed by atoms with van der Waals surface area (Å²) >= 11 is 0.